The molecule has 326 valence electrons. The Bertz CT molecular complexity index is 2540. The number of carboxylic acids is 1. The van der Waals surface area contributed by atoms with Crippen LogP contribution < -0.4 is 14.4 Å². The van der Waals surface area contributed by atoms with Crippen LogP contribution in [0.5, 0.6) is 11.8 Å². The average molecular weight is 849 g/mol. The van der Waals surface area contributed by atoms with E-state index in [9.17, 15) is 14.7 Å². The molecule has 1 N–H and O–H groups in total. The van der Waals surface area contributed by atoms with Gasteiger partial charge in [-0.25, -0.2) is 18.7 Å². The van der Waals surface area contributed by atoms with Gasteiger partial charge in [-0.2, -0.15) is 15.1 Å². The van der Waals surface area contributed by atoms with Gasteiger partial charge in [-0.05, 0) is 120 Å². The molecule has 4 aliphatic heterocycles. The lowest BCUT2D eigenvalue weighted by Gasteiger charge is -2.36. The van der Waals surface area contributed by atoms with Crippen LogP contribution in [0.15, 0.2) is 42.6 Å². The zero-order valence-corrected chi connectivity index (χ0v) is 35.7. The fourth-order valence-corrected chi connectivity index (χ4v) is 9.66. The molecule has 1 amide bonds. The van der Waals surface area contributed by atoms with Crippen LogP contribution in [0.3, 0.4) is 0 Å². The van der Waals surface area contributed by atoms with Gasteiger partial charge in [0.2, 0.25) is 0 Å². The second kappa shape index (κ2) is 16.0. The van der Waals surface area contributed by atoms with Crippen LogP contribution in [0.1, 0.15) is 111 Å². The van der Waals surface area contributed by atoms with Crippen LogP contribution in [0.25, 0.3) is 32.9 Å². The number of carboxylic acid groups (broad SMARTS) is 1. The number of hydrogen-bond donors (Lipinski definition) is 1. The fraction of sp³-hybridized carbons (Fsp3) is 0.511. The lowest BCUT2D eigenvalue weighted by molar-refractivity contribution is -0.0367. The maximum atomic E-state index is 16.5. The first-order valence-corrected chi connectivity index (χ1v) is 22.0. The Labute approximate surface area is 359 Å². The number of aromatic carboxylic acids is 1. The summed E-state index contributed by atoms with van der Waals surface area (Å²) in [5, 5.41) is 16.0. The largest absolute Gasteiger partial charge is 0.486 e. The molecule has 1 unspecified atom stereocenters. The van der Waals surface area contributed by atoms with Crippen LogP contribution >= 0.6 is 0 Å². The number of carbonyl (C=O) groups is 2. The lowest BCUT2D eigenvalue weighted by atomic mass is 9.88. The molecule has 62 heavy (non-hydrogen) atoms. The number of amides is 1. The van der Waals surface area contributed by atoms with Gasteiger partial charge >= 0.3 is 18.1 Å². The number of nitrogens with zero attached hydrogens (tertiary/aromatic N) is 6. The number of ether oxygens (including phenoxy) is 5. The number of hydrogen-bond acceptors (Lipinski definition) is 11. The van der Waals surface area contributed by atoms with Crippen LogP contribution in [-0.4, -0.2) is 98.5 Å². The van der Waals surface area contributed by atoms with Crippen molar-refractivity contribution < 1.29 is 42.8 Å². The molecule has 2 bridgehead atoms. The number of likely N-dealkylation sites (tertiary alicyclic amines) is 1. The summed E-state index contributed by atoms with van der Waals surface area (Å²) in [5.74, 6) is -0.0807. The van der Waals surface area contributed by atoms with E-state index in [0.29, 0.717) is 60.0 Å². The monoisotopic (exact) mass is 848 g/mol. The Balaban J connectivity index is 1.16. The summed E-state index contributed by atoms with van der Waals surface area (Å²) in [5.41, 5.74) is 4.32. The Hall–Kier alpha value is -5.54. The Kier molecular flexibility index (Phi) is 10.4. The highest BCUT2D eigenvalue weighted by Gasteiger charge is 2.48. The second-order valence-corrected chi connectivity index (χ2v) is 18.4. The van der Waals surface area contributed by atoms with Gasteiger partial charge in [-0.3, -0.25) is 0 Å². The molecule has 5 fully saturated rings. The predicted octanol–water partition coefficient (Wildman–Crippen LogP) is 8.70. The molecule has 1 aliphatic carbocycles. The highest BCUT2D eigenvalue weighted by Crippen LogP contribution is 2.54. The maximum absolute atomic E-state index is 16.5. The molecule has 3 aromatic carbocycles. The molecule has 4 saturated heterocycles. The van der Waals surface area contributed by atoms with Crippen molar-refractivity contribution in [1.29, 1.82) is 0 Å². The Morgan fingerprint density at radius 2 is 1.73 bits per heavy atom. The lowest BCUT2D eigenvalue weighted by Crippen LogP contribution is -2.50. The number of piperazine rings is 1. The summed E-state index contributed by atoms with van der Waals surface area (Å²) >= 11 is 0. The van der Waals surface area contributed by atoms with E-state index in [4.69, 9.17) is 38.8 Å². The van der Waals surface area contributed by atoms with E-state index in [1.807, 2.05) is 36.5 Å². The number of halogens is 1. The van der Waals surface area contributed by atoms with Gasteiger partial charge in [0.05, 0.1) is 35.5 Å². The molecule has 0 radical (unpaired) electrons. The number of aromatic nitrogens is 4. The topological polar surface area (TPSA) is 151 Å². The minimum Gasteiger partial charge on any atom is -0.486 e. The maximum Gasteiger partial charge on any atom is 0.410 e. The zero-order chi connectivity index (χ0) is 42.9. The molecule has 15 heteroatoms. The molecule has 5 aliphatic rings. The third kappa shape index (κ3) is 7.67. The van der Waals surface area contributed by atoms with Crippen LogP contribution in [0.4, 0.5) is 15.0 Å². The number of fused-ring (bicyclic) bond motifs is 4. The Morgan fingerprint density at radius 3 is 2.40 bits per heavy atom. The Morgan fingerprint density at radius 1 is 0.919 bits per heavy atom. The fourth-order valence-electron chi connectivity index (χ4n) is 9.66. The van der Waals surface area contributed by atoms with E-state index < -0.39 is 11.6 Å². The summed E-state index contributed by atoms with van der Waals surface area (Å²) < 4.78 is 49.6. The van der Waals surface area contributed by atoms with Crippen molar-refractivity contribution in [3.05, 3.63) is 70.7 Å². The molecule has 2 aromatic heterocycles. The minimum absolute atomic E-state index is 0.0317. The van der Waals surface area contributed by atoms with E-state index in [1.54, 1.807) is 37.3 Å². The van der Waals surface area contributed by atoms with Gasteiger partial charge in [0.1, 0.15) is 36.0 Å². The summed E-state index contributed by atoms with van der Waals surface area (Å²) in [6, 6.07) is 10.4. The summed E-state index contributed by atoms with van der Waals surface area (Å²) in [7, 11) is 0. The van der Waals surface area contributed by atoms with E-state index in [1.165, 1.54) is 0 Å². The normalized spacial score (nSPS) is 22.5. The second-order valence-electron chi connectivity index (χ2n) is 18.4. The van der Waals surface area contributed by atoms with Crippen LogP contribution in [-0.2, 0) is 20.8 Å². The van der Waals surface area contributed by atoms with E-state index in [2.05, 4.69) is 11.0 Å². The average Bonchev–Trinajstić information content (AvgIpc) is 3.57. The minimum atomic E-state index is -1.02. The van der Waals surface area contributed by atoms with Gasteiger partial charge in [0.25, 0.3) is 0 Å². The standard InChI is InChI=1S/C47H53FN6O8/c1-26-36(48)20-37-35(21-49-54(37)38-9-5-6-16-59-38)39(26)40-33(28-14-15-28)19-34-41(42(40)60-24-27-10-12-29(13-11-27)44(55)56)50-45(61-25-32-8-7-17-58-32)51-43(34)52-22-31-18-30(52)23-53(31)46(57)62-47(2,3)4/h10-13,19-21,28,30-32,38H,5-9,14-18,22-25H2,1-4H3,(H,55,56)/t30-,31-,32-,38?/m0/s1. The molecule has 14 nitrogen and oxygen atoms in total. The van der Waals surface area contributed by atoms with E-state index >= 15 is 4.39 Å². The van der Waals surface area contributed by atoms with Crippen LogP contribution in [0, 0.1) is 12.7 Å². The van der Waals surface area contributed by atoms with Crippen molar-refractivity contribution >= 4 is 39.7 Å². The quantitative estimate of drug-likeness (QED) is 0.135. The highest BCUT2D eigenvalue weighted by atomic mass is 19.1. The van der Waals surface area contributed by atoms with Crippen molar-refractivity contribution in [1.82, 2.24) is 24.6 Å². The predicted molar refractivity (Wildman–Crippen MR) is 228 cm³/mol. The van der Waals surface area contributed by atoms with Crippen molar-refractivity contribution in [2.45, 2.75) is 122 Å². The number of anilines is 1. The summed E-state index contributed by atoms with van der Waals surface area (Å²) in [4.78, 5) is 39.5. The van der Waals surface area contributed by atoms with Gasteiger partial charge in [-0.1, -0.05) is 12.1 Å². The molecule has 10 rings (SSSR count). The summed E-state index contributed by atoms with van der Waals surface area (Å²) in [6.07, 6.45) is 8.31. The molecule has 5 aromatic rings. The van der Waals surface area contributed by atoms with Crippen molar-refractivity contribution in [3.8, 4) is 22.9 Å². The van der Waals surface area contributed by atoms with Crippen molar-refractivity contribution in [2.24, 2.45) is 0 Å². The third-order valence-electron chi connectivity index (χ3n) is 12.9. The van der Waals surface area contributed by atoms with Gasteiger partial charge in [0, 0.05) is 54.3 Å². The first-order valence-electron chi connectivity index (χ1n) is 22.0. The smallest absolute Gasteiger partial charge is 0.410 e. The molecular weight excluding hydrogens is 796 g/mol. The molecule has 4 atom stereocenters. The van der Waals surface area contributed by atoms with Crippen LogP contribution in [0.2, 0.25) is 0 Å². The number of carbonyl (C=O) groups excluding carboxylic acids is 1. The first-order chi connectivity index (χ1) is 29.9. The molecule has 6 heterocycles. The van der Waals surface area contributed by atoms with Gasteiger partial charge in [0.15, 0.2) is 12.0 Å². The zero-order valence-electron chi connectivity index (χ0n) is 35.7. The number of rotatable bonds is 11. The van der Waals surface area contributed by atoms with E-state index in [-0.39, 0.29) is 67.0 Å². The van der Waals surface area contributed by atoms with Gasteiger partial charge in [-0.15, -0.1) is 0 Å². The molecular formula is C47H53FN6O8. The van der Waals surface area contributed by atoms with Gasteiger partial charge < -0.3 is 38.6 Å². The van der Waals surface area contributed by atoms with Crippen molar-refractivity contribution in [3.63, 3.8) is 0 Å². The SMILES string of the molecule is Cc1c(F)cc2c(cnn2C2CCCCO2)c1-c1c(C2CC2)cc2c(N3C[C@@H]4C[C@H]3CN4C(=O)OC(C)(C)C)nc(OC[C@@H]3CCCO3)nc2c1OCc1ccc(C(=O)O)cc1. The van der Waals surface area contributed by atoms with Crippen molar-refractivity contribution in [2.75, 3.05) is 37.8 Å². The summed E-state index contributed by atoms with van der Waals surface area (Å²) in [6.45, 7) is 10.1. The third-order valence-corrected chi connectivity index (χ3v) is 12.9. The molecule has 1 saturated carbocycles. The first kappa shape index (κ1) is 40.5. The van der Waals surface area contributed by atoms with E-state index in [0.717, 1.165) is 78.8 Å². The molecule has 0 spiro atoms. The highest BCUT2D eigenvalue weighted by molar-refractivity contribution is 6.06. The number of benzene rings is 3.